The highest BCUT2D eigenvalue weighted by molar-refractivity contribution is 6.33. The standard InChI is InChI=1S/C27H38ClN5O2/c28-24-18-31-27(32-21-8-6-20(7-9-21)29-17-22-3-2-12-35-22)15-23(24)25-4-1-5-26(33-25)30-16-19-10-13-34-14-11-19/h1,4-5,15,18-22,29H,2-3,6-14,16-17H2,(H,30,33)(H,31,32)/t20?,21?,22-/m0/s1/i16D2. The van der Waals surface area contributed by atoms with Crippen LogP contribution < -0.4 is 16.0 Å². The zero-order valence-electron chi connectivity index (χ0n) is 22.3. The molecule has 3 aliphatic rings. The van der Waals surface area contributed by atoms with Gasteiger partial charge in [-0.05, 0) is 75.5 Å². The van der Waals surface area contributed by atoms with Crippen LogP contribution >= 0.6 is 11.6 Å². The number of rotatable bonds is 9. The van der Waals surface area contributed by atoms with E-state index < -0.39 is 6.50 Å². The van der Waals surface area contributed by atoms with Gasteiger partial charge in [0.2, 0.25) is 0 Å². The molecule has 0 aromatic carbocycles. The molecule has 0 spiro atoms. The molecular weight excluding hydrogens is 462 g/mol. The van der Waals surface area contributed by atoms with Crippen LogP contribution in [0.15, 0.2) is 30.5 Å². The van der Waals surface area contributed by atoms with Crippen LogP contribution in [0.2, 0.25) is 5.02 Å². The molecule has 2 aromatic rings. The van der Waals surface area contributed by atoms with E-state index in [4.69, 9.17) is 28.8 Å². The largest absolute Gasteiger partial charge is 0.381 e. The van der Waals surface area contributed by atoms with Gasteiger partial charge in [-0.2, -0.15) is 0 Å². The second kappa shape index (κ2) is 12.3. The van der Waals surface area contributed by atoms with E-state index in [0.29, 0.717) is 60.8 Å². The average molecular weight is 502 g/mol. The molecule has 3 fully saturated rings. The Morgan fingerprint density at radius 3 is 2.63 bits per heavy atom. The SMILES string of the molecule is [2H]C([2H])(Nc1cccc(-c2cc(NC3CCC(NC[C@@H]4CCCO4)CC3)ncc2Cl)n1)C1CCOCC1. The van der Waals surface area contributed by atoms with Crippen LogP contribution in [0.1, 0.15) is 54.1 Å². The third kappa shape index (κ3) is 7.06. The molecule has 1 aliphatic carbocycles. The van der Waals surface area contributed by atoms with Crippen molar-refractivity contribution in [3.63, 3.8) is 0 Å². The lowest BCUT2D eigenvalue weighted by molar-refractivity contribution is 0.0699. The lowest BCUT2D eigenvalue weighted by Crippen LogP contribution is -2.40. The lowest BCUT2D eigenvalue weighted by Gasteiger charge is -2.30. The highest BCUT2D eigenvalue weighted by atomic mass is 35.5. The van der Waals surface area contributed by atoms with Gasteiger partial charge in [0.05, 0.1) is 16.8 Å². The van der Waals surface area contributed by atoms with E-state index >= 15 is 0 Å². The van der Waals surface area contributed by atoms with Crippen LogP contribution in [0.3, 0.4) is 0 Å². The van der Waals surface area contributed by atoms with Gasteiger partial charge in [-0.25, -0.2) is 9.97 Å². The van der Waals surface area contributed by atoms with E-state index in [1.54, 1.807) is 12.3 Å². The first kappa shape index (κ1) is 22.3. The van der Waals surface area contributed by atoms with Crippen molar-refractivity contribution in [2.75, 3.05) is 43.5 Å². The molecule has 7 nitrogen and oxygen atoms in total. The van der Waals surface area contributed by atoms with Crippen molar-refractivity contribution < 1.29 is 12.2 Å². The van der Waals surface area contributed by atoms with Crippen LogP contribution in [-0.4, -0.2) is 61.0 Å². The number of halogens is 1. The summed E-state index contributed by atoms with van der Waals surface area (Å²) in [7, 11) is 0. The molecule has 1 atom stereocenters. The second-order valence-corrected chi connectivity index (χ2v) is 10.3. The molecule has 2 aromatic heterocycles. The van der Waals surface area contributed by atoms with Gasteiger partial charge in [-0.15, -0.1) is 0 Å². The Hall–Kier alpha value is -1.93. The number of anilines is 2. The number of nitrogens with zero attached hydrogens (tertiary/aromatic N) is 2. The smallest absolute Gasteiger partial charge is 0.126 e. The van der Waals surface area contributed by atoms with E-state index in [1.807, 2.05) is 18.2 Å². The number of ether oxygens (including phenoxy) is 2. The molecule has 190 valence electrons. The highest BCUT2D eigenvalue weighted by Gasteiger charge is 2.23. The summed E-state index contributed by atoms with van der Waals surface area (Å²) in [6.45, 7) is 1.48. The van der Waals surface area contributed by atoms with E-state index in [9.17, 15) is 0 Å². The Morgan fingerprint density at radius 2 is 1.83 bits per heavy atom. The minimum Gasteiger partial charge on any atom is -0.381 e. The number of aromatic nitrogens is 2. The van der Waals surface area contributed by atoms with Crippen molar-refractivity contribution in [1.29, 1.82) is 0 Å². The predicted molar refractivity (Wildman–Crippen MR) is 141 cm³/mol. The number of nitrogens with one attached hydrogen (secondary N) is 3. The summed E-state index contributed by atoms with van der Waals surface area (Å²) in [5, 5.41) is 10.8. The van der Waals surface area contributed by atoms with Crippen LogP contribution in [0, 0.1) is 5.92 Å². The number of hydrogen-bond donors (Lipinski definition) is 3. The maximum atomic E-state index is 8.54. The van der Waals surface area contributed by atoms with Crippen LogP contribution in [0.4, 0.5) is 11.6 Å². The number of hydrogen-bond acceptors (Lipinski definition) is 7. The fourth-order valence-electron chi connectivity index (χ4n) is 5.14. The fourth-order valence-corrected chi connectivity index (χ4v) is 5.34. The normalized spacial score (nSPS) is 26.7. The first-order valence-corrected chi connectivity index (χ1v) is 13.4. The van der Waals surface area contributed by atoms with Gasteiger partial charge in [0, 0.05) is 59.4 Å². The highest BCUT2D eigenvalue weighted by Crippen LogP contribution is 2.30. The van der Waals surface area contributed by atoms with Crippen LogP contribution in [0.25, 0.3) is 11.3 Å². The lowest BCUT2D eigenvalue weighted by atomic mass is 9.91. The molecule has 4 heterocycles. The molecule has 5 rings (SSSR count). The van der Waals surface area contributed by atoms with Gasteiger partial charge in [-0.1, -0.05) is 17.7 Å². The second-order valence-electron chi connectivity index (χ2n) is 9.85. The van der Waals surface area contributed by atoms with Crippen molar-refractivity contribution in [2.45, 2.75) is 69.6 Å². The maximum absolute atomic E-state index is 8.54. The van der Waals surface area contributed by atoms with Gasteiger partial charge >= 0.3 is 0 Å². The molecule has 0 bridgehead atoms. The number of pyridine rings is 2. The molecular formula is C27H38ClN5O2. The summed E-state index contributed by atoms with van der Waals surface area (Å²) < 4.78 is 28.2. The Bertz CT molecular complexity index is 1030. The van der Waals surface area contributed by atoms with Gasteiger partial charge in [0.15, 0.2) is 0 Å². The summed E-state index contributed by atoms with van der Waals surface area (Å²) >= 11 is 6.53. The monoisotopic (exact) mass is 501 g/mol. The molecule has 0 radical (unpaired) electrons. The first-order valence-electron chi connectivity index (χ1n) is 14.1. The summed E-state index contributed by atoms with van der Waals surface area (Å²) in [5.41, 5.74) is 1.46. The summed E-state index contributed by atoms with van der Waals surface area (Å²) in [4.78, 5) is 9.21. The average Bonchev–Trinajstić information content (AvgIpc) is 3.44. The van der Waals surface area contributed by atoms with Crippen molar-refractivity contribution in [2.24, 2.45) is 5.92 Å². The zero-order valence-corrected chi connectivity index (χ0v) is 21.0. The van der Waals surface area contributed by atoms with E-state index in [2.05, 4.69) is 20.9 Å². The molecule has 3 N–H and O–H groups in total. The first-order chi connectivity index (χ1) is 18.0. The molecule has 0 amide bonds. The molecule has 0 unspecified atom stereocenters. The van der Waals surface area contributed by atoms with Crippen LogP contribution in [0.5, 0.6) is 0 Å². The summed E-state index contributed by atoms with van der Waals surface area (Å²) in [6.07, 6.45) is 10.2. The Morgan fingerprint density at radius 1 is 1.00 bits per heavy atom. The van der Waals surface area contributed by atoms with E-state index in [-0.39, 0.29) is 5.92 Å². The zero-order chi connectivity index (χ0) is 25.7. The Labute approximate surface area is 216 Å². The Balaban J connectivity index is 1.19. The molecule has 1 saturated carbocycles. The third-order valence-corrected chi connectivity index (χ3v) is 7.54. The van der Waals surface area contributed by atoms with E-state index in [0.717, 1.165) is 50.2 Å². The quantitative estimate of drug-likeness (QED) is 0.439. The van der Waals surface area contributed by atoms with Gasteiger partial charge in [-0.3, -0.25) is 0 Å². The van der Waals surface area contributed by atoms with Crippen molar-refractivity contribution in [3.8, 4) is 11.3 Å². The minimum absolute atomic E-state index is 0.117. The molecule has 8 heteroatoms. The molecule has 2 aliphatic heterocycles. The fraction of sp³-hybridized carbons (Fsp3) is 0.630. The van der Waals surface area contributed by atoms with Gasteiger partial charge < -0.3 is 25.4 Å². The topological polar surface area (TPSA) is 80.3 Å². The third-order valence-electron chi connectivity index (χ3n) is 7.24. The Kier molecular flexibility index (Phi) is 7.86. The predicted octanol–water partition coefficient (Wildman–Crippen LogP) is 5.13. The van der Waals surface area contributed by atoms with Gasteiger partial charge in [0.25, 0.3) is 0 Å². The molecule has 35 heavy (non-hydrogen) atoms. The van der Waals surface area contributed by atoms with Crippen LogP contribution in [-0.2, 0) is 9.47 Å². The van der Waals surface area contributed by atoms with Crippen molar-refractivity contribution in [3.05, 3.63) is 35.5 Å². The molecule has 2 saturated heterocycles. The van der Waals surface area contributed by atoms with Crippen molar-refractivity contribution in [1.82, 2.24) is 15.3 Å². The van der Waals surface area contributed by atoms with E-state index in [1.165, 1.54) is 12.8 Å². The summed E-state index contributed by atoms with van der Waals surface area (Å²) in [6, 6.07) is 8.43. The summed E-state index contributed by atoms with van der Waals surface area (Å²) in [5.74, 6) is 1.16. The maximum Gasteiger partial charge on any atom is 0.126 e. The van der Waals surface area contributed by atoms with Crippen molar-refractivity contribution >= 4 is 23.2 Å². The van der Waals surface area contributed by atoms with Gasteiger partial charge in [0.1, 0.15) is 11.6 Å². The minimum atomic E-state index is -1.57.